The molecule has 1 saturated heterocycles. The molecule has 0 bridgehead atoms. The minimum atomic E-state index is -0.745. The number of carboxylic acids is 1. The molecule has 1 aromatic rings. The van der Waals surface area contributed by atoms with Gasteiger partial charge in [-0.1, -0.05) is 51.1 Å². The molecule has 2 N–H and O–H groups in total. The van der Waals surface area contributed by atoms with Crippen LogP contribution in [0, 0.1) is 5.92 Å². The van der Waals surface area contributed by atoms with Crippen LogP contribution in [-0.2, 0) is 10.4 Å². The molecule has 0 aliphatic carbocycles. The summed E-state index contributed by atoms with van der Waals surface area (Å²) >= 11 is 0. The first-order valence-electron chi connectivity index (χ1n) is 8.09. The monoisotopic (exact) mass is 343 g/mol. The van der Waals surface area contributed by atoms with Crippen LogP contribution >= 0.6 is 12.4 Å². The summed E-state index contributed by atoms with van der Waals surface area (Å²) in [6.45, 7) is 9.25. The first-order chi connectivity index (χ1) is 10.4. The number of carbonyl (C=O) groups is 1. The van der Waals surface area contributed by atoms with Crippen LogP contribution in [0.2, 0.25) is 0 Å². The van der Waals surface area contributed by atoms with E-state index in [1.54, 1.807) is 6.92 Å². The van der Waals surface area contributed by atoms with E-state index in [9.17, 15) is 9.90 Å². The quantitative estimate of drug-likeness (QED) is 0.878. The second-order valence-corrected chi connectivity index (χ2v) is 6.34. The highest BCUT2D eigenvalue weighted by molar-refractivity contribution is 5.85. The molecule has 4 nitrogen and oxygen atoms in total. The van der Waals surface area contributed by atoms with E-state index in [0.29, 0.717) is 5.92 Å². The van der Waals surface area contributed by atoms with E-state index in [1.807, 2.05) is 30.3 Å². The maximum atomic E-state index is 10.7. The Hall–Kier alpha value is -1.10. The Kier molecular flexibility index (Phi) is 10.1. The van der Waals surface area contributed by atoms with E-state index in [0.717, 1.165) is 38.0 Å². The Morgan fingerprint density at radius 3 is 2.09 bits per heavy atom. The van der Waals surface area contributed by atoms with E-state index >= 15 is 0 Å². The molecule has 0 amide bonds. The first kappa shape index (κ1) is 21.9. The summed E-state index contributed by atoms with van der Waals surface area (Å²) < 4.78 is 0. The van der Waals surface area contributed by atoms with Gasteiger partial charge in [-0.05, 0) is 24.3 Å². The minimum absolute atomic E-state index is 0. The van der Waals surface area contributed by atoms with Crippen molar-refractivity contribution in [2.45, 2.75) is 45.6 Å². The van der Waals surface area contributed by atoms with Crippen LogP contribution < -0.4 is 0 Å². The highest BCUT2D eigenvalue weighted by Gasteiger charge is 2.33. The van der Waals surface area contributed by atoms with Crippen LogP contribution in [0.1, 0.15) is 45.6 Å². The average molecular weight is 344 g/mol. The van der Waals surface area contributed by atoms with Gasteiger partial charge in [0.15, 0.2) is 0 Å². The summed E-state index contributed by atoms with van der Waals surface area (Å²) in [5, 5.41) is 18.4. The lowest BCUT2D eigenvalue weighted by molar-refractivity contribution is -0.136. The summed E-state index contributed by atoms with van der Waals surface area (Å²) in [6, 6.07) is 10.1. The van der Waals surface area contributed by atoms with E-state index < -0.39 is 11.6 Å². The molecule has 132 valence electrons. The van der Waals surface area contributed by atoms with Crippen LogP contribution in [0.4, 0.5) is 0 Å². The normalized spacial score (nSPS) is 16.9. The first-order valence-corrected chi connectivity index (χ1v) is 8.09. The van der Waals surface area contributed by atoms with Crippen LogP contribution in [-0.4, -0.2) is 40.7 Å². The molecule has 0 saturated carbocycles. The van der Waals surface area contributed by atoms with Crippen LogP contribution in [0.15, 0.2) is 30.3 Å². The topological polar surface area (TPSA) is 60.8 Å². The summed E-state index contributed by atoms with van der Waals surface area (Å²) in [6.07, 6.45) is 1.92. The summed E-state index contributed by atoms with van der Waals surface area (Å²) in [4.78, 5) is 11.8. The molecule has 0 radical (unpaired) electrons. The van der Waals surface area contributed by atoms with Gasteiger partial charge in [0.1, 0.15) is 0 Å². The Balaban J connectivity index is 0.000000709. The van der Waals surface area contributed by atoms with Gasteiger partial charge in [-0.15, -0.1) is 12.4 Å². The van der Waals surface area contributed by atoms with Crippen LogP contribution in [0.5, 0.6) is 0 Å². The fourth-order valence-corrected chi connectivity index (χ4v) is 2.66. The number of benzene rings is 1. The molecule has 0 aromatic heterocycles. The number of aliphatic hydroxyl groups is 1. The van der Waals surface area contributed by atoms with Crippen molar-refractivity contribution < 1.29 is 15.0 Å². The number of rotatable bonds is 4. The summed E-state index contributed by atoms with van der Waals surface area (Å²) in [5.41, 5.74) is 0.471. The SMILES string of the molecule is CC(C)CN1CCC(O)(c2ccccc2)CC1.CCC(=O)O.Cl. The predicted molar refractivity (Wildman–Crippen MR) is 96.0 cm³/mol. The summed E-state index contributed by atoms with van der Waals surface area (Å²) in [5.74, 6) is -0.0390. The van der Waals surface area contributed by atoms with Gasteiger partial charge >= 0.3 is 5.97 Å². The van der Waals surface area contributed by atoms with Gasteiger partial charge in [-0.2, -0.15) is 0 Å². The average Bonchev–Trinajstić information content (AvgIpc) is 2.51. The van der Waals surface area contributed by atoms with Gasteiger partial charge in [0.05, 0.1) is 5.60 Å². The summed E-state index contributed by atoms with van der Waals surface area (Å²) in [7, 11) is 0. The molecule has 1 aromatic carbocycles. The van der Waals surface area contributed by atoms with E-state index in [-0.39, 0.29) is 18.8 Å². The predicted octanol–water partition coefficient (Wildman–Crippen LogP) is 3.53. The lowest BCUT2D eigenvalue weighted by Crippen LogP contribution is -2.43. The van der Waals surface area contributed by atoms with Crippen molar-refractivity contribution in [3.05, 3.63) is 35.9 Å². The number of hydrogen-bond donors (Lipinski definition) is 2. The van der Waals surface area contributed by atoms with Crippen molar-refractivity contribution in [2.75, 3.05) is 19.6 Å². The number of piperidine rings is 1. The fourth-order valence-electron chi connectivity index (χ4n) is 2.66. The highest BCUT2D eigenvalue weighted by Crippen LogP contribution is 2.32. The Labute approximate surface area is 145 Å². The number of likely N-dealkylation sites (tertiary alicyclic amines) is 1. The molecule has 23 heavy (non-hydrogen) atoms. The Morgan fingerprint density at radius 1 is 1.22 bits per heavy atom. The smallest absolute Gasteiger partial charge is 0.303 e. The lowest BCUT2D eigenvalue weighted by Gasteiger charge is -2.39. The number of aliphatic carboxylic acids is 1. The van der Waals surface area contributed by atoms with Crippen molar-refractivity contribution in [2.24, 2.45) is 5.92 Å². The van der Waals surface area contributed by atoms with Crippen molar-refractivity contribution >= 4 is 18.4 Å². The van der Waals surface area contributed by atoms with Crippen molar-refractivity contribution in [3.63, 3.8) is 0 Å². The largest absolute Gasteiger partial charge is 0.481 e. The third kappa shape index (κ3) is 7.82. The van der Waals surface area contributed by atoms with Gasteiger partial charge in [0, 0.05) is 26.1 Å². The number of nitrogens with zero attached hydrogens (tertiary/aromatic N) is 1. The molecule has 2 rings (SSSR count). The van der Waals surface area contributed by atoms with E-state index in [4.69, 9.17) is 5.11 Å². The third-order valence-corrected chi connectivity index (χ3v) is 3.92. The zero-order valence-corrected chi connectivity index (χ0v) is 15.2. The van der Waals surface area contributed by atoms with Gasteiger partial charge in [-0.25, -0.2) is 0 Å². The second-order valence-electron chi connectivity index (χ2n) is 6.34. The molecular weight excluding hydrogens is 314 g/mol. The zero-order valence-electron chi connectivity index (χ0n) is 14.4. The number of carboxylic acid groups (broad SMARTS) is 1. The number of halogens is 1. The molecule has 1 aliphatic heterocycles. The van der Waals surface area contributed by atoms with Crippen molar-refractivity contribution in [1.82, 2.24) is 4.90 Å². The molecule has 0 atom stereocenters. The molecule has 0 spiro atoms. The van der Waals surface area contributed by atoms with E-state index in [2.05, 4.69) is 18.7 Å². The molecule has 1 fully saturated rings. The molecular formula is C18H30ClNO3. The molecule has 5 heteroatoms. The minimum Gasteiger partial charge on any atom is -0.481 e. The molecule has 1 heterocycles. The van der Waals surface area contributed by atoms with Gasteiger partial charge in [0.25, 0.3) is 0 Å². The Morgan fingerprint density at radius 2 is 1.70 bits per heavy atom. The standard InChI is InChI=1S/C15H23NO.C3H6O2.ClH/c1-13(2)12-16-10-8-15(17,9-11-16)14-6-4-3-5-7-14;1-2-3(4)5;/h3-7,13,17H,8-12H2,1-2H3;2H2,1H3,(H,4,5);1H. The fraction of sp³-hybridized carbons (Fsp3) is 0.611. The van der Waals surface area contributed by atoms with Crippen molar-refractivity contribution in [1.29, 1.82) is 0 Å². The van der Waals surface area contributed by atoms with Crippen LogP contribution in [0.3, 0.4) is 0 Å². The number of hydrogen-bond acceptors (Lipinski definition) is 3. The molecule has 0 unspecified atom stereocenters. The maximum absolute atomic E-state index is 10.7. The zero-order chi connectivity index (χ0) is 16.6. The second kappa shape index (κ2) is 10.6. The van der Waals surface area contributed by atoms with Crippen LogP contribution in [0.25, 0.3) is 0 Å². The van der Waals surface area contributed by atoms with Gasteiger partial charge in [-0.3, -0.25) is 4.79 Å². The Bertz CT molecular complexity index is 443. The van der Waals surface area contributed by atoms with Gasteiger partial charge < -0.3 is 15.1 Å². The highest BCUT2D eigenvalue weighted by atomic mass is 35.5. The molecule has 1 aliphatic rings. The van der Waals surface area contributed by atoms with Gasteiger partial charge in [0.2, 0.25) is 0 Å². The maximum Gasteiger partial charge on any atom is 0.303 e. The van der Waals surface area contributed by atoms with Crippen molar-refractivity contribution in [3.8, 4) is 0 Å². The lowest BCUT2D eigenvalue weighted by atomic mass is 9.84. The van der Waals surface area contributed by atoms with E-state index in [1.165, 1.54) is 0 Å². The third-order valence-electron chi connectivity index (χ3n) is 3.92.